The molecule has 0 unspecified atom stereocenters. The lowest BCUT2D eigenvalue weighted by atomic mass is 10.0. The van der Waals surface area contributed by atoms with Crippen molar-refractivity contribution in [2.24, 2.45) is 0 Å². The molecule has 0 radical (unpaired) electrons. The molecule has 1 aliphatic rings. The highest BCUT2D eigenvalue weighted by atomic mass is 127. The van der Waals surface area contributed by atoms with Crippen LogP contribution in [0.25, 0.3) is 22.1 Å². The van der Waals surface area contributed by atoms with Gasteiger partial charge in [-0.3, -0.25) is 0 Å². The zero-order chi connectivity index (χ0) is 16.5. The lowest BCUT2D eigenvalue weighted by Crippen LogP contribution is -2.36. The van der Waals surface area contributed by atoms with E-state index in [9.17, 15) is 0 Å². The number of H-pyrrole nitrogens is 1. The molecule has 128 valence electrons. The van der Waals surface area contributed by atoms with E-state index in [-0.39, 0.29) is 0 Å². The summed E-state index contributed by atoms with van der Waals surface area (Å²) in [7, 11) is 0. The van der Waals surface area contributed by atoms with Gasteiger partial charge < -0.3 is 14.5 Å². The SMILES string of the molecule is CCCc1nc2cnc3[nH]ccc3c2n1C1CCN(CCI)CC1. The van der Waals surface area contributed by atoms with E-state index < -0.39 is 0 Å². The quantitative estimate of drug-likeness (QED) is 0.486. The third kappa shape index (κ3) is 2.83. The summed E-state index contributed by atoms with van der Waals surface area (Å²) in [6, 6.07) is 2.70. The van der Waals surface area contributed by atoms with Gasteiger partial charge in [0.2, 0.25) is 0 Å². The van der Waals surface area contributed by atoms with Gasteiger partial charge in [-0.05, 0) is 25.3 Å². The Morgan fingerprint density at radius 3 is 2.92 bits per heavy atom. The van der Waals surface area contributed by atoms with Gasteiger partial charge in [0.25, 0.3) is 0 Å². The first kappa shape index (κ1) is 16.3. The van der Waals surface area contributed by atoms with Crippen molar-refractivity contribution in [3.8, 4) is 0 Å². The van der Waals surface area contributed by atoms with E-state index in [0.717, 1.165) is 24.0 Å². The van der Waals surface area contributed by atoms with Crippen molar-refractivity contribution >= 4 is 44.7 Å². The molecular formula is C18H24IN5. The fourth-order valence-electron chi connectivity index (χ4n) is 3.95. The number of hydrogen-bond acceptors (Lipinski definition) is 3. The number of likely N-dealkylation sites (tertiary alicyclic amines) is 1. The minimum atomic E-state index is 0.558. The number of halogens is 1. The van der Waals surface area contributed by atoms with E-state index in [4.69, 9.17) is 4.98 Å². The summed E-state index contributed by atoms with van der Waals surface area (Å²) in [5.41, 5.74) is 3.28. The molecule has 0 aromatic carbocycles. The van der Waals surface area contributed by atoms with Gasteiger partial charge in [0.15, 0.2) is 0 Å². The van der Waals surface area contributed by atoms with Crippen LogP contribution in [0.15, 0.2) is 18.5 Å². The number of pyridine rings is 1. The zero-order valence-electron chi connectivity index (χ0n) is 14.1. The molecule has 5 nitrogen and oxygen atoms in total. The van der Waals surface area contributed by atoms with Crippen LogP contribution in [0.4, 0.5) is 0 Å². The first-order chi connectivity index (χ1) is 11.8. The average Bonchev–Trinajstić information content (AvgIpc) is 3.20. The Bertz CT molecular complexity index is 829. The number of rotatable bonds is 5. The van der Waals surface area contributed by atoms with Crippen molar-refractivity contribution in [1.82, 2.24) is 24.4 Å². The zero-order valence-corrected chi connectivity index (χ0v) is 16.3. The molecule has 0 spiro atoms. The van der Waals surface area contributed by atoms with Crippen molar-refractivity contribution < 1.29 is 0 Å². The normalized spacial score (nSPS) is 17.2. The van der Waals surface area contributed by atoms with Crippen LogP contribution in [0, 0.1) is 0 Å². The standard InChI is InChI=1S/C18H24IN5/c1-2-3-16-22-15-12-21-18-14(4-8-20-18)17(15)24(16)13-5-9-23(10-6-13)11-7-19/h4,8,12-13H,2-3,5-7,9-11H2,1H3,(H,20,21). The highest BCUT2D eigenvalue weighted by Gasteiger charge is 2.25. The Morgan fingerprint density at radius 1 is 1.33 bits per heavy atom. The molecular weight excluding hydrogens is 413 g/mol. The molecule has 1 aliphatic heterocycles. The van der Waals surface area contributed by atoms with Crippen molar-refractivity contribution in [2.45, 2.75) is 38.6 Å². The minimum absolute atomic E-state index is 0.558. The number of aromatic nitrogens is 4. The second kappa shape index (κ2) is 7.00. The minimum Gasteiger partial charge on any atom is -0.346 e. The Labute approximate surface area is 156 Å². The first-order valence-electron chi connectivity index (χ1n) is 8.93. The third-order valence-corrected chi connectivity index (χ3v) is 5.59. The summed E-state index contributed by atoms with van der Waals surface area (Å²) < 4.78 is 3.76. The van der Waals surface area contributed by atoms with Gasteiger partial charge in [-0.1, -0.05) is 29.5 Å². The van der Waals surface area contributed by atoms with Gasteiger partial charge in [-0.2, -0.15) is 0 Å². The summed E-state index contributed by atoms with van der Waals surface area (Å²) in [5, 5.41) is 1.21. The van der Waals surface area contributed by atoms with Crippen LogP contribution in [-0.2, 0) is 6.42 Å². The molecule has 1 fully saturated rings. The van der Waals surface area contributed by atoms with Crippen LogP contribution < -0.4 is 0 Å². The summed E-state index contributed by atoms with van der Waals surface area (Å²) in [6.07, 6.45) is 8.50. The van der Waals surface area contributed by atoms with Gasteiger partial charge >= 0.3 is 0 Å². The van der Waals surface area contributed by atoms with Crippen LogP contribution in [0.2, 0.25) is 0 Å². The smallest absolute Gasteiger partial charge is 0.139 e. The number of imidazole rings is 1. The molecule has 0 aliphatic carbocycles. The predicted octanol–water partition coefficient (Wildman–Crippen LogP) is 3.94. The van der Waals surface area contributed by atoms with Crippen LogP contribution in [0.5, 0.6) is 0 Å². The molecule has 6 heteroatoms. The summed E-state index contributed by atoms with van der Waals surface area (Å²) in [6.45, 7) is 5.84. The molecule has 0 amide bonds. The Hall–Kier alpha value is -1.15. The van der Waals surface area contributed by atoms with Gasteiger partial charge in [0.05, 0.1) is 11.7 Å². The Morgan fingerprint density at radius 2 is 2.17 bits per heavy atom. The summed E-state index contributed by atoms with van der Waals surface area (Å²) >= 11 is 2.47. The fraction of sp³-hybridized carbons (Fsp3) is 0.556. The van der Waals surface area contributed by atoms with Crippen molar-refractivity contribution in [3.05, 3.63) is 24.3 Å². The maximum atomic E-state index is 4.93. The maximum Gasteiger partial charge on any atom is 0.139 e. The Balaban J connectivity index is 1.77. The van der Waals surface area contributed by atoms with E-state index in [1.165, 1.54) is 53.6 Å². The Kier molecular flexibility index (Phi) is 4.76. The molecule has 24 heavy (non-hydrogen) atoms. The van der Waals surface area contributed by atoms with Crippen LogP contribution in [-0.4, -0.2) is 48.5 Å². The highest BCUT2D eigenvalue weighted by molar-refractivity contribution is 14.1. The van der Waals surface area contributed by atoms with Gasteiger partial charge in [-0.15, -0.1) is 0 Å². The largest absolute Gasteiger partial charge is 0.346 e. The number of hydrogen-bond donors (Lipinski definition) is 1. The number of fused-ring (bicyclic) bond motifs is 3. The summed E-state index contributed by atoms with van der Waals surface area (Å²) in [4.78, 5) is 15.3. The lowest BCUT2D eigenvalue weighted by Gasteiger charge is -2.33. The number of nitrogens with zero attached hydrogens (tertiary/aromatic N) is 4. The molecule has 1 saturated heterocycles. The van der Waals surface area contributed by atoms with Gasteiger partial charge in [-0.25, -0.2) is 9.97 Å². The van der Waals surface area contributed by atoms with Crippen molar-refractivity contribution in [2.75, 3.05) is 24.1 Å². The first-order valence-corrected chi connectivity index (χ1v) is 10.5. The maximum absolute atomic E-state index is 4.93. The monoisotopic (exact) mass is 437 g/mol. The van der Waals surface area contributed by atoms with Gasteiger partial charge in [0.1, 0.15) is 17.0 Å². The highest BCUT2D eigenvalue weighted by Crippen LogP contribution is 2.32. The molecule has 3 aromatic heterocycles. The van der Waals surface area contributed by atoms with E-state index in [1.54, 1.807) is 0 Å². The molecule has 0 saturated carbocycles. The van der Waals surface area contributed by atoms with E-state index >= 15 is 0 Å². The number of aromatic amines is 1. The van der Waals surface area contributed by atoms with Crippen LogP contribution >= 0.6 is 22.6 Å². The summed E-state index contributed by atoms with van der Waals surface area (Å²) in [5.74, 6) is 1.23. The van der Waals surface area contributed by atoms with Crippen molar-refractivity contribution in [1.29, 1.82) is 0 Å². The molecule has 0 atom stereocenters. The topological polar surface area (TPSA) is 49.7 Å². The molecule has 0 bridgehead atoms. The molecule has 3 aromatic rings. The van der Waals surface area contributed by atoms with E-state index in [1.807, 2.05) is 12.4 Å². The second-order valence-corrected chi connectivity index (χ2v) is 7.72. The average molecular weight is 437 g/mol. The van der Waals surface area contributed by atoms with Crippen LogP contribution in [0.1, 0.15) is 38.1 Å². The predicted molar refractivity (Wildman–Crippen MR) is 107 cm³/mol. The van der Waals surface area contributed by atoms with E-state index in [0.29, 0.717) is 6.04 Å². The molecule has 4 rings (SSSR count). The second-order valence-electron chi connectivity index (χ2n) is 6.64. The van der Waals surface area contributed by atoms with E-state index in [2.05, 4.69) is 55.0 Å². The number of alkyl halides is 1. The number of piperidine rings is 1. The third-order valence-electron chi connectivity index (χ3n) is 5.10. The lowest BCUT2D eigenvalue weighted by molar-refractivity contribution is 0.197. The number of aryl methyl sites for hydroxylation is 1. The molecule has 1 N–H and O–H groups in total. The fourth-order valence-corrected chi connectivity index (χ4v) is 4.64. The molecule has 4 heterocycles. The van der Waals surface area contributed by atoms with Gasteiger partial charge in [0, 0.05) is 48.1 Å². The van der Waals surface area contributed by atoms with Crippen LogP contribution in [0.3, 0.4) is 0 Å². The van der Waals surface area contributed by atoms with Crippen molar-refractivity contribution in [3.63, 3.8) is 0 Å². The number of nitrogens with one attached hydrogen (secondary N) is 1.